The smallest absolute Gasteiger partial charge is 0.240 e. The average molecular weight is 347 g/mol. The molecular formula is C17H21N3O3S. The highest BCUT2D eigenvalue weighted by atomic mass is 32.2. The molecule has 0 unspecified atom stereocenters. The highest BCUT2D eigenvalue weighted by Gasteiger charge is 2.17. The number of aromatic nitrogens is 2. The lowest BCUT2D eigenvalue weighted by molar-refractivity contribution is 0.101. The number of Topliss-reactive ketones (excluding diaryl/α,β-unsaturated/α-hetero) is 1. The first-order valence-corrected chi connectivity index (χ1v) is 9.60. The van der Waals surface area contributed by atoms with E-state index in [-0.39, 0.29) is 17.2 Å². The standard InChI is InChI=1S/C17H21N3O3S/c1-13(21)14-6-8-16(9-7-14)24(22,23)19-10-11-20-17-5-3-2-4-15(17)12-18-20/h6-9,12,19H,2-5,10-11H2,1H3. The minimum absolute atomic E-state index is 0.0876. The molecule has 1 aliphatic rings. The first-order valence-electron chi connectivity index (χ1n) is 8.11. The zero-order valence-electron chi connectivity index (χ0n) is 13.7. The highest BCUT2D eigenvalue weighted by Crippen LogP contribution is 2.20. The van der Waals surface area contributed by atoms with E-state index in [1.807, 2.05) is 10.9 Å². The summed E-state index contributed by atoms with van der Waals surface area (Å²) in [6.07, 6.45) is 6.32. The van der Waals surface area contributed by atoms with Crippen LogP contribution in [0.25, 0.3) is 0 Å². The quantitative estimate of drug-likeness (QED) is 0.810. The van der Waals surface area contributed by atoms with Gasteiger partial charge in [-0.15, -0.1) is 0 Å². The number of rotatable bonds is 6. The number of hydrogen-bond acceptors (Lipinski definition) is 4. The van der Waals surface area contributed by atoms with Crippen LogP contribution in [0.15, 0.2) is 35.4 Å². The Labute approximate surface area is 141 Å². The van der Waals surface area contributed by atoms with E-state index in [2.05, 4.69) is 9.82 Å². The van der Waals surface area contributed by atoms with Crippen LogP contribution in [-0.2, 0) is 29.4 Å². The first kappa shape index (κ1) is 16.9. The second kappa shape index (κ2) is 6.86. The highest BCUT2D eigenvalue weighted by molar-refractivity contribution is 7.89. The van der Waals surface area contributed by atoms with Crippen LogP contribution in [0.5, 0.6) is 0 Å². The van der Waals surface area contributed by atoms with E-state index in [1.165, 1.54) is 48.9 Å². The molecule has 24 heavy (non-hydrogen) atoms. The van der Waals surface area contributed by atoms with Crippen molar-refractivity contribution in [3.8, 4) is 0 Å². The minimum Gasteiger partial charge on any atom is -0.295 e. The first-order chi connectivity index (χ1) is 11.5. The molecule has 1 heterocycles. The summed E-state index contributed by atoms with van der Waals surface area (Å²) in [6, 6.07) is 5.96. The number of fused-ring (bicyclic) bond motifs is 1. The molecule has 0 amide bonds. The van der Waals surface area contributed by atoms with Crippen LogP contribution in [0.3, 0.4) is 0 Å². The van der Waals surface area contributed by atoms with Gasteiger partial charge >= 0.3 is 0 Å². The third-order valence-corrected chi connectivity index (χ3v) is 5.81. The van der Waals surface area contributed by atoms with Crippen LogP contribution in [-0.4, -0.2) is 30.5 Å². The molecule has 0 spiro atoms. The van der Waals surface area contributed by atoms with E-state index in [4.69, 9.17) is 0 Å². The van der Waals surface area contributed by atoms with Crippen molar-refractivity contribution >= 4 is 15.8 Å². The van der Waals surface area contributed by atoms with Gasteiger partial charge in [0.2, 0.25) is 10.0 Å². The molecule has 0 radical (unpaired) electrons. The van der Waals surface area contributed by atoms with Gasteiger partial charge in [0.05, 0.1) is 17.6 Å². The zero-order chi connectivity index (χ0) is 17.2. The summed E-state index contributed by atoms with van der Waals surface area (Å²) in [5, 5.41) is 4.37. The number of carbonyl (C=O) groups is 1. The van der Waals surface area contributed by atoms with Gasteiger partial charge in [0.1, 0.15) is 0 Å². The fraction of sp³-hybridized carbons (Fsp3) is 0.412. The number of nitrogens with zero attached hydrogens (tertiary/aromatic N) is 2. The van der Waals surface area contributed by atoms with Crippen molar-refractivity contribution in [3.63, 3.8) is 0 Å². The van der Waals surface area contributed by atoms with Crippen molar-refractivity contribution in [1.82, 2.24) is 14.5 Å². The molecule has 0 saturated heterocycles. The Morgan fingerprint density at radius 1 is 1.21 bits per heavy atom. The summed E-state index contributed by atoms with van der Waals surface area (Å²) in [5.74, 6) is -0.0876. The second-order valence-corrected chi connectivity index (χ2v) is 7.79. The van der Waals surface area contributed by atoms with Crippen molar-refractivity contribution in [3.05, 3.63) is 47.3 Å². The van der Waals surface area contributed by atoms with E-state index in [0.29, 0.717) is 12.1 Å². The van der Waals surface area contributed by atoms with E-state index >= 15 is 0 Å². The van der Waals surface area contributed by atoms with Crippen LogP contribution in [0.2, 0.25) is 0 Å². The normalized spacial score (nSPS) is 14.4. The molecule has 0 aliphatic heterocycles. The van der Waals surface area contributed by atoms with Gasteiger partial charge in [-0.2, -0.15) is 5.10 Å². The number of hydrogen-bond donors (Lipinski definition) is 1. The van der Waals surface area contributed by atoms with Gasteiger partial charge < -0.3 is 0 Å². The topological polar surface area (TPSA) is 81.1 Å². The maximum absolute atomic E-state index is 12.3. The third kappa shape index (κ3) is 3.57. The summed E-state index contributed by atoms with van der Waals surface area (Å²) in [5.41, 5.74) is 3.01. The molecule has 1 aromatic heterocycles. The van der Waals surface area contributed by atoms with Crippen molar-refractivity contribution in [2.45, 2.75) is 44.0 Å². The van der Waals surface area contributed by atoms with Crippen LogP contribution in [0, 0.1) is 0 Å². The fourth-order valence-electron chi connectivity index (χ4n) is 2.99. The van der Waals surface area contributed by atoms with Gasteiger partial charge in [0.15, 0.2) is 5.78 Å². The van der Waals surface area contributed by atoms with Crippen molar-refractivity contribution in [1.29, 1.82) is 0 Å². The fourth-order valence-corrected chi connectivity index (χ4v) is 4.01. The van der Waals surface area contributed by atoms with Gasteiger partial charge in [-0.05, 0) is 50.3 Å². The average Bonchev–Trinajstić information content (AvgIpc) is 2.98. The molecule has 1 aromatic carbocycles. The van der Waals surface area contributed by atoms with Crippen LogP contribution in [0.1, 0.15) is 41.4 Å². The molecule has 2 aromatic rings. The van der Waals surface area contributed by atoms with Crippen molar-refractivity contribution < 1.29 is 13.2 Å². The SMILES string of the molecule is CC(=O)c1ccc(S(=O)(=O)NCCn2ncc3c2CCCC3)cc1. The van der Waals surface area contributed by atoms with E-state index in [1.54, 1.807) is 0 Å². The largest absolute Gasteiger partial charge is 0.295 e. The summed E-state index contributed by atoms with van der Waals surface area (Å²) in [7, 11) is -3.58. The summed E-state index contributed by atoms with van der Waals surface area (Å²) in [4.78, 5) is 11.4. The van der Waals surface area contributed by atoms with Crippen molar-refractivity contribution in [2.24, 2.45) is 0 Å². The van der Waals surface area contributed by atoms with Gasteiger partial charge in [0.25, 0.3) is 0 Å². The van der Waals surface area contributed by atoms with E-state index < -0.39 is 10.0 Å². The molecule has 0 atom stereocenters. The van der Waals surface area contributed by atoms with Gasteiger partial charge in [-0.3, -0.25) is 9.48 Å². The summed E-state index contributed by atoms with van der Waals surface area (Å²) >= 11 is 0. The van der Waals surface area contributed by atoms with Crippen molar-refractivity contribution in [2.75, 3.05) is 6.54 Å². The Morgan fingerprint density at radius 2 is 1.92 bits per heavy atom. The molecule has 6 nitrogen and oxygen atoms in total. The van der Waals surface area contributed by atoms with Crippen LogP contribution in [0.4, 0.5) is 0 Å². The molecule has 1 N–H and O–H groups in total. The Kier molecular flexibility index (Phi) is 4.82. The lowest BCUT2D eigenvalue weighted by Gasteiger charge is -2.14. The minimum atomic E-state index is -3.58. The Hall–Kier alpha value is -1.99. The summed E-state index contributed by atoms with van der Waals surface area (Å²) in [6.45, 7) is 2.25. The number of aryl methyl sites for hydroxylation is 1. The lowest BCUT2D eigenvalue weighted by Crippen LogP contribution is -2.28. The number of nitrogens with one attached hydrogen (secondary N) is 1. The number of sulfonamides is 1. The predicted octanol–water partition coefficient (Wildman–Crippen LogP) is 1.94. The van der Waals surface area contributed by atoms with Gasteiger partial charge in [-0.1, -0.05) is 12.1 Å². The maximum atomic E-state index is 12.3. The maximum Gasteiger partial charge on any atom is 0.240 e. The molecule has 3 rings (SSSR count). The number of benzene rings is 1. The number of ketones is 1. The zero-order valence-corrected chi connectivity index (χ0v) is 14.5. The molecule has 128 valence electrons. The monoisotopic (exact) mass is 347 g/mol. The molecule has 0 bridgehead atoms. The molecule has 1 aliphatic carbocycles. The molecule has 0 fully saturated rings. The Bertz CT molecular complexity index is 838. The third-order valence-electron chi connectivity index (χ3n) is 4.33. The van der Waals surface area contributed by atoms with Crippen LogP contribution >= 0.6 is 0 Å². The van der Waals surface area contributed by atoms with E-state index in [0.717, 1.165) is 19.3 Å². The molecule has 7 heteroatoms. The van der Waals surface area contributed by atoms with Gasteiger partial charge in [-0.25, -0.2) is 13.1 Å². The van der Waals surface area contributed by atoms with Gasteiger partial charge in [0, 0.05) is 17.8 Å². The molecule has 0 saturated carbocycles. The Morgan fingerprint density at radius 3 is 2.62 bits per heavy atom. The van der Waals surface area contributed by atoms with Crippen LogP contribution < -0.4 is 4.72 Å². The molecular weight excluding hydrogens is 326 g/mol. The Balaban J connectivity index is 1.63. The van der Waals surface area contributed by atoms with E-state index in [9.17, 15) is 13.2 Å². The summed E-state index contributed by atoms with van der Waals surface area (Å²) < 4.78 is 29.1. The lowest BCUT2D eigenvalue weighted by atomic mass is 9.98. The number of carbonyl (C=O) groups excluding carboxylic acids is 1. The predicted molar refractivity (Wildman–Crippen MR) is 90.5 cm³/mol. The second-order valence-electron chi connectivity index (χ2n) is 6.03.